The van der Waals surface area contributed by atoms with Crippen molar-refractivity contribution in [2.75, 3.05) is 27.7 Å². The number of aliphatic hydroxyl groups excluding tert-OH is 1. The fourth-order valence-corrected chi connectivity index (χ4v) is 5.70. The maximum absolute atomic E-state index is 12.6. The fourth-order valence-electron chi connectivity index (χ4n) is 4.91. The SMILES string of the molecule is CCCCCCCCCCCC(=O)NC(C(O)CCC(OCCCCCCCCCC)P(=O)(O)O)[N+](C)(C)C. The Bertz CT molecular complexity index is 637. The van der Waals surface area contributed by atoms with Gasteiger partial charge in [0.1, 0.15) is 6.10 Å². The van der Waals surface area contributed by atoms with Crippen LogP contribution in [0.3, 0.4) is 0 Å². The van der Waals surface area contributed by atoms with Crippen LogP contribution in [0.4, 0.5) is 0 Å². The van der Waals surface area contributed by atoms with Crippen molar-refractivity contribution in [3.05, 3.63) is 0 Å². The van der Waals surface area contributed by atoms with Crippen molar-refractivity contribution >= 4 is 13.5 Å². The molecule has 0 radical (unpaired) electrons. The molecule has 8 nitrogen and oxygen atoms in total. The van der Waals surface area contributed by atoms with Crippen molar-refractivity contribution < 1.29 is 33.5 Å². The fraction of sp³-hybridized carbons (Fsp3) is 0.967. The van der Waals surface area contributed by atoms with Crippen LogP contribution < -0.4 is 5.32 Å². The molecule has 0 aromatic rings. The molecule has 234 valence electrons. The number of hydrogen-bond donors (Lipinski definition) is 4. The molecule has 0 aromatic carbocycles. The summed E-state index contributed by atoms with van der Waals surface area (Å²) in [6, 6.07) is 0. The van der Waals surface area contributed by atoms with Crippen molar-refractivity contribution in [3.63, 3.8) is 0 Å². The van der Waals surface area contributed by atoms with Crippen LogP contribution >= 0.6 is 7.60 Å². The van der Waals surface area contributed by atoms with Crippen molar-refractivity contribution in [2.45, 2.75) is 160 Å². The molecule has 0 rings (SSSR count). The van der Waals surface area contributed by atoms with Crippen molar-refractivity contribution in [1.82, 2.24) is 5.32 Å². The molecule has 3 unspecified atom stereocenters. The Labute approximate surface area is 240 Å². The van der Waals surface area contributed by atoms with Crippen LogP contribution in [0.5, 0.6) is 0 Å². The highest BCUT2D eigenvalue weighted by molar-refractivity contribution is 7.52. The number of nitrogens with zero attached hydrogens (tertiary/aromatic N) is 1. The number of carbonyl (C=O) groups excluding carboxylic acids is 1. The summed E-state index contributed by atoms with van der Waals surface area (Å²) in [4.78, 5) is 32.2. The summed E-state index contributed by atoms with van der Waals surface area (Å²) in [5.74, 6) is -1.32. The third-order valence-electron chi connectivity index (χ3n) is 7.41. The zero-order valence-corrected chi connectivity index (χ0v) is 26.9. The van der Waals surface area contributed by atoms with Gasteiger partial charge in [-0.2, -0.15) is 0 Å². The molecule has 0 fully saturated rings. The molecular formula is C30H64N2O6P+. The first-order chi connectivity index (χ1) is 18.4. The van der Waals surface area contributed by atoms with Gasteiger partial charge in [0.25, 0.3) is 0 Å². The van der Waals surface area contributed by atoms with E-state index >= 15 is 0 Å². The van der Waals surface area contributed by atoms with Crippen molar-refractivity contribution in [2.24, 2.45) is 0 Å². The van der Waals surface area contributed by atoms with E-state index in [0.717, 1.165) is 38.5 Å². The Morgan fingerprint density at radius 1 is 0.744 bits per heavy atom. The molecule has 0 aromatic heterocycles. The van der Waals surface area contributed by atoms with E-state index in [1.165, 1.54) is 70.6 Å². The first-order valence-electron chi connectivity index (χ1n) is 15.9. The summed E-state index contributed by atoms with van der Waals surface area (Å²) in [6.07, 6.45) is 18.8. The van der Waals surface area contributed by atoms with Gasteiger partial charge in [-0.3, -0.25) is 9.36 Å². The zero-order valence-electron chi connectivity index (χ0n) is 26.0. The van der Waals surface area contributed by atoms with E-state index in [1.54, 1.807) is 0 Å². The maximum atomic E-state index is 12.6. The Hall–Kier alpha value is -0.500. The van der Waals surface area contributed by atoms with Gasteiger partial charge in [-0.05, 0) is 25.7 Å². The molecule has 4 N–H and O–H groups in total. The number of likely N-dealkylation sites (N-methyl/N-ethyl adjacent to an activating group) is 1. The lowest BCUT2D eigenvalue weighted by molar-refractivity contribution is -0.902. The predicted octanol–water partition coefficient (Wildman–Crippen LogP) is 6.86. The molecule has 0 saturated heterocycles. The largest absolute Gasteiger partial charge is 0.385 e. The van der Waals surface area contributed by atoms with Gasteiger partial charge < -0.3 is 29.4 Å². The average molecular weight is 580 g/mol. The smallest absolute Gasteiger partial charge is 0.354 e. The monoisotopic (exact) mass is 579 g/mol. The summed E-state index contributed by atoms with van der Waals surface area (Å²) >= 11 is 0. The summed E-state index contributed by atoms with van der Waals surface area (Å²) in [5, 5.41) is 13.9. The van der Waals surface area contributed by atoms with Gasteiger partial charge in [-0.1, -0.05) is 110 Å². The number of nitrogens with one attached hydrogen (secondary N) is 1. The van der Waals surface area contributed by atoms with Crippen LogP contribution in [0, 0.1) is 0 Å². The van der Waals surface area contributed by atoms with Crippen LogP contribution in [-0.4, -0.2) is 71.1 Å². The number of amides is 1. The first-order valence-corrected chi connectivity index (χ1v) is 17.6. The summed E-state index contributed by atoms with van der Waals surface area (Å²) in [6.45, 7) is 4.72. The van der Waals surface area contributed by atoms with Crippen molar-refractivity contribution in [3.8, 4) is 0 Å². The van der Waals surface area contributed by atoms with E-state index in [9.17, 15) is 24.3 Å². The minimum absolute atomic E-state index is 0.0348. The lowest BCUT2D eigenvalue weighted by atomic mass is 10.1. The van der Waals surface area contributed by atoms with Crippen LogP contribution in [0.1, 0.15) is 142 Å². The second kappa shape index (κ2) is 23.1. The minimum atomic E-state index is -4.46. The average Bonchev–Trinajstić information content (AvgIpc) is 2.85. The molecule has 0 aliphatic carbocycles. The van der Waals surface area contributed by atoms with Crippen LogP contribution in [0.2, 0.25) is 0 Å². The maximum Gasteiger partial charge on any atom is 0.354 e. The van der Waals surface area contributed by atoms with Crippen molar-refractivity contribution in [1.29, 1.82) is 0 Å². The van der Waals surface area contributed by atoms with Gasteiger partial charge in [0.05, 0.1) is 21.1 Å². The molecule has 3 atom stereocenters. The van der Waals surface area contributed by atoms with E-state index in [0.29, 0.717) is 17.5 Å². The van der Waals surface area contributed by atoms with Gasteiger partial charge >= 0.3 is 7.60 Å². The van der Waals surface area contributed by atoms with E-state index in [2.05, 4.69) is 19.2 Å². The van der Waals surface area contributed by atoms with Gasteiger partial charge in [0.2, 0.25) is 5.91 Å². The summed E-state index contributed by atoms with van der Waals surface area (Å²) < 4.78 is 17.9. The normalized spacial score (nSPS) is 14.8. The van der Waals surface area contributed by atoms with Crippen LogP contribution in [0.15, 0.2) is 0 Å². The number of ether oxygens (including phenoxy) is 1. The third-order valence-corrected chi connectivity index (χ3v) is 8.57. The van der Waals surface area contributed by atoms with E-state index in [4.69, 9.17) is 4.74 Å². The Morgan fingerprint density at radius 3 is 1.62 bits per heavy atom. The standard InChI is InChI=1S/C30H63N2O6P/c1-6-8-10-12-14-16-17-19-21-23-28(34)31-30(32(3,4)5)27(33)24-25-29(39(35,36)37)38-26-22-20-18-15-13-11-9-7-2/h27,29-30,33H,6-26H2,1-5H3,(H2-,31,34,35,36,37)/p+1. The molecule has 0 bridgehead atoms. The van der Waals surface area contributed by atoms with Crippen LogP contribution in [0.25, 0.3) is 0 Å². The molecule has 0 heterocycles. The predicted molar refractivity (Wildman–Crippen MR) is 161 cm³/mol. The lowest BCUT2D eigenvalue weighted by Crippen LogP contribution is -2.61. The number of quaternary nitrogens is 1. The zero-order chi connectivity index (χ0) is 29.6. The molecule has 0 aliphatic rings. The number of unbranched alkanes of at least 4 members (excludes halogenated alkanes) is 15. The van der Waals surface area contributed by atoms with Gasteiger partial charge in [-0.25, -0.2) is 0 Å². The number of rotatable bonds is 27. The number of carbonyl (C=O) groups is 1. The highest BCUT2D eigenvalue weighted by atomic mass is 31.2. The highest BCUT2D eigenvalue weighted by Gasteiger charge is 2.36. The molecule has 0 saturated carbocycles. The molecule has 0 aliphatic heterocycles. The highest BCUT2D eigenvalue weighted by Crippen LogP contribution is 2.44. The summed E-state index contributed by atoms with van der Waals surface area (Å²) in [5.41, 5.74) is 0. The lowest BCUT2D eigenvalue weighted by Gasteiger charge is -2.37. The van der Waals surface area contributed by atoms with Gasteiger partial charge in [0, 0.05) is 13.0 Å². The second-order valence-electron chi connectivity index (χ2n) is 12.2. The quantitative estimate of drug-likeness (QED) is 0.0366. The second-order valence-corrected chi connectivity index (χ2v) is 14.0. The Kier molecular flexibility index (Phi) is 22.8. The Balaban J connectivity index is 4.47. The first kappa shape index (κ1) is 38.5. The molecular weight excluding hydrogens is 515 g/mol. The molecule has 1 amide bonds. The topological polar surface area (TPSA) is 116 Å². The third kappa shape index (κ3) is 21.9. The number of aliphatic hydroxyl groups is 1. The molecule has 39 heavy (non-hydrogen) atoms. The molecule has 9 heteroatoms. The van der Waals surface area contributed by atoms with E-state index in [-0.39, 0.29) is 18.7 Å². The van der Waals surface area contributed by atoms with E-state index < -0.39 is 25.7 Å². The summed E-state index contributed by atoms with van der Waals surface area (Å²) in [7, 11) is 1.22. The van der Waals surface area contributed by atoms with Crippen LogP contribution in [-0.2, 0) is 14.1 Å². The van der Waals surface area contributed by atoms with Gasteiger partial charge in [-0.15, -0.1) is 0 Å². The van der Waals surface area contributed by atoms with Gasteiger partial charge in [0.15, 0.2) is 12.0 Å². The van der Waals surface area contributed by atoms with E-state index in [1.807, 2.05) is 21.1 Å². The number of hydrogen-bond acceptors (Lipinski definition) is 4. The molecule has 0 spiro atoms. The Morgan fingerprint density at radius 2 is 1.18 bits per heavy atom. The minimum Gasteiger partial charge on any atom is -0.385 e.